The summed E-state index contributed by atoms with van der Waals surface area (Å²) < 4.78 is 3.45. The highest BCUT2D eigenvalue weighted by Gasteiger charge is 2.66. The lowest BCUT2D eigenvalue weighted by molar-refractivity contribution is 0.537. The average molecular weight is 444 g/mol. The van der Waals surface area contributed by atoms with E-state index in [1.165, 1.54) is 0 Å². The molecule has 3 atom stereocenters. The summed E-state index contributed by atoms with van der Waals surface area (Å²) in [6, 6.07) is 0. The van der Waals surface area contributed by atoms with Crippen LogP contribution in [0.15, 0.2) is 0 Å². The SMILES string of the molecule is CC(C)[Si](C)(N([Si](C)(C(C)C)C(C)(C)C)[Si](C)(C(C)C)C(C)(C)C)C(C)(C)C. The molecule has 4 heteroatoms. The maximum absolute atomic E-state index is 3.45. The highest BCUT2D eigenvalue weighted by molar-refractivity contribution is 7.08. The third-order valence-electron chi connectivity index (χ3n) is 9.32. The summed E-state index contributed by atoms with van der Waals surface area (Å²) in [6.07, 6.45) is 0. The van der Waals surface area contributed by atoms with Crippen LogP contribution in [0.5, 0.6) is 0 Å². The van der Waals surface area contributed by atoms with Crippen LogP contribution in [0.3, 0.4) is 0 Å². The highest BCUT2D eigenvalue weighted by Crippen LogP contribution is 2.61. The molecule has 0 saturated carbocycles. The van der Waals surface area contributed by atoms with E-state index in [0.717, 1.165) is 16.6 Å². The van der Waals surface area contributed by atoms with E-state index in [9.17, 15) is 0 Å². The van der Waals surface area contributed by atoms with Gasteiger partial charge in [0.1, 0.15) is 24.7 Å². The summed E-state index contributed by atoms with van der Waals surface area (Å²) >= 11 is 0. The van der Waals surface area contributed by atoms with Crippen LogP contribution >= 0.6 is 0 Å². The second-order valence-corrected chi connectivity index (χ2v) is 31.5. The third-order valence-corrected chi connectivity index (χ3v) is 36.3. The Balaban J connectivity index is 7.67. The second-order valence-electron chi connectivity index (χ2n) is 14.0. The van der Waals surface area contributed by atoms with Crippen molar-refractivity contribution in [2.45, 2.75) is 155 Å². The first kappa shape index (κ1) is 28.6. The van der Waals surface area contributed by atoms with Gasteiger partial charge in [-0.3, -0.25) is 0 Å². The summed E-state index contributed by atoms with van der Waals surface area (Å²) in [6.45, 7) is 46.5. The molecule has 170 valence electrons. The molecule has 0 aliphatic heterocycles. The van der Waals surface area contributed by atoms with Gasteiger partial charge in [0.25, 0.3) is 0 Å². The van der Waals surface area contributed by atoms with Gasteiger partial charge in [0.15, 0.2) is 0 Å². The topological polar surface area (TPSA) is 3.24 Å². The van der Waals surface area contributed by atoms with E-state index in [1.54, 1.807) is 0 Å². The van der Waals surface area contributed by atoms with E-state index >= 15 is 0 Å². The van der Waals surface area contributed by atoms with Gasteiger partial charge in [-0.15, -0.1) is 0 Å². The Morgan fingerprint density at radius 1 is 0.429 bits per heavy atom. The first-order valence-corrected chi connectivity index (χ1v) is 19.3. The normalized spacial score (nSPS) is 21.2. The zero-order valence-electron chi connectivity index (χ0n) is 23.2. The van der Waals surface area contributed by atoms with Gasteiger partial charge in [0.2, 0.25) is 0 Å². The van der Waals surface area contributed by atoms with E-state index in [1.807, 2.05) is 0 Å². The van der Waals surface area contributed by atoms with E-state index in [0.29, 0.717) is 15.1 Å². The molecule has 0 amide bonds. The van der Waals surface area contributed by atoms with Gasteiger partial charge in [-0.25, -0.2) is 0 Å². The second kappa shape index (κ2) is 8.27. The van der Waals surface area contributed by atoms with Crippen molar-refractivity contribution < 1.29 is 0 Å². The molecule has 0 N–H and O–H groups in total. The van der Waals surface area contributed by atoms with Crippen molar-refractivity contribution in [3.8, 4) is 0 Å². The molecule has 0 aliphatic rings. The molecule has 0 aromatic rings. The van der Waals surface area contributed by atoms with Gasteiger partial charge in [0, 0.05) is 0 Å². The van der Waals surface area contributed by atoms with Gasteiger partial charge >= 0.3 is 0 Å². The third kappa shape index (κ3) is 4.31. The van der Waals surface area contributed by atoms with Crippen molar-refractivity contribution in [2.24, 2.45) is 0 Å². The minimum absolute atomic E-state index is 0.351. The standard InChI is InChI=1S/C24H57NSi3/c1-19(2)26(16,22(7,8)9)25(27(17,20(3)4)23(10,11)12)28(18,21(5)6)24(13,14)15/h19-21H,1-18H3. The molecule has 0 aromatic heterocycles. The van der Waals surface area contributed by atoms with Crippen LogP contribution in [0.4, 0.5) is 0 Å². The van der Waals surface area contributed by atoms with Crippen LogP contribution in [0.2, 0.25) is 51.4 Å². The average Bonchev–Trinajstić information content (AvgIpc) is 2.42. The molecule has 0 rings (SSSR count). The molecule has 0 saturated heterocycles. The zero-order chi connectivity index (χ0) is 23.3. The van der Waals surface area contributed by atoms with E-state index in [4.69, 9.17) is 0 Å². The van der Waals surface area contributed by atoms with Gasteiger partial charge in [-0.1, -0.05) is 123 Å². The fraction of sp³-hybridized carbons (Fsp3) is 1.00. The quantitative estimate of drug-likeness (QED) is 0.369. The number of hydrogen-bond donors (Lipinski definition) is 0. The molecule has 0 heterocycles. The van der Waals surface area contributed by atoms with Gasteiger partial charge in [-0.05, 0) is 31.7 Å². The summed E-state index contributed by atoms with van der Waals surface area (Å²) in [7, 11) is -5.45. The molecule has 0 radical (unpaired) electrons. The van der Waals surface area contributed by atoms with Crippen molar-refractivity contribution in [2.75, 3.05) is 0 Å². The van der Waals surface area contributed by atoms with E-state index < -0.39 is 24.7 Å². The van der Waals surface area contributed by atoms with Crippen LogP contribution < -0.4 is 0 Å². The molecule has 0 fully saturated rings. The fourth-order valence-electron chi connectivity index (χ4n) is 5.83. The minimum atomic E-state index is -1.82. The molecule has 0 aromatic carbocycles. The highest BCUT2D eigenvalue weighted by atomic mass is 28.5. The maximum Gasteiger partial charge on any atom is 0.120 e. The van der Waals surface area contributed by atoms with Crippen molar-refractivity contribution in [1.29, 1.82) is 0 Å². The fourth-order valence-corrected chi connectivity index (χ4v) is 36.8. The maximum atomic E-state index is 3.45. The first-order valence-electron chi connectivity index (χ1n) is 11.8. The summed E-state index contributed by atoms with van der Waals surface area (Å²) in [4.78, 5) is 0. The largest absolute Gasteiger partial charge is 0.366 e. The van der Waals surface area contributed by atoms with Crippen molar-refractivity contribution in [3.63, 3.8) is 0 Å². The van der Waals surface area contributed by atoms with Gasteiger partial charge in [-0.2, -0.15) is 0 Å². The lowest BCUT2D eigenvalue weighted by atomic mass is 10.2. The Morgan fingerprint density at radius 2 is 0.571 bits per heavy atom. The zero-order valence-corrected chi connectivity index (χ0v) is 26.2. The van der Waals surface area contributed by atoms with Crippen LogP contribution in [-0.2, 0) is 0 Å². The summed E-state index contributed by atoms with van der Waals surface area (Å²) in [5.74, 6) is 0. The van der Waals surface area contributed by atoms with Crippen LogP contribution in [0, 0.1) is 0 Å². The van der Waals surface area contributed by atoms with E-state index in [2.05, 4.69) is 127 Å². The molecule has 0 bridgehead atoms. The van der Waals surface area contributed by atoms with Crippen molar-refractivity contribution in [3.05, 3.63) is 0 Å². The predicted molar refractivity (Wildman–Crippen MR) is 141 cm³/mol. The van der Waals surface area contributed by atoms with Crippen LogP contribution in [0.25, 0.3) is 0 Å². The Bertz CT molecular complexity index is 445. The first-order chi connectivity index (χ1) is 11.9. The molecule has 3 unspecified atom stereocenters. The van der Waals surface area contributed by atoms with E-state index in [-0.39, 0.29) is 0 Å². The molecular weight excluding hydrogens is 387 g/mol. The Kier molecular flexibility index (Phi) is 8.45. The summed E-state index contributed by atoms with van der Waals surface area (Å²) in [5.41, 5.74) is 2.23. The summed E-state index contributed by atoms with van der Waals surface area (Å²) in [5, 5.41) is 1.05. The van der Waals surface area contributed by atoms with Crippen molar-refractivity contribution >= 4 is 24.7 Å². The Labute approximate surface area is 183 Å². The van der Waals surface area contributed by atoms with Gasteiger partial charge < -0.3 is 3.90 Å². The number of hydrogen-bond acceptors (Lipinski definition) is 1. The molecule has 28 heavy (non-hydrogen) atoms. The smallest absolute Gasteiger partial charge is 0.120 e. The van der Waals surface area contributed by atoms with Gasteiger partial charge in [0.05, 0.1) is 0 Å². The molecule has 0 spiro atoms. The predicted octanol–water partition coefficient (Wildman–Crippen LogP) is 9.64. The van der Waals surface area contributed by atoms with Crippen LogP contribution in [-0.4, -0.2) is 28.6 Å². The lowest BCUT2D eigenvalue weighted by Crippen LogP contribution is -2.82. The number of nitrogens with zero attached hydrogens (tertiary/aromatic N) is 1. The number of rotatable bonds is 6. The van der Waals surface area contributed by atoms with Crippen molar-refractivity contribution in [1.82, 2.24) is 3.90 Å². The Hall–Kier alpha value is 0.611. The molecule has 0 aliphatic carbocycles. The van der Waals surface area contributed by atoms with Crippen LogP contribution in [0.1, 0.15) is 104 Å². The molecular formula is C24H57NSi3. The lowest BCUT2D eigenvalue weighted by Gasteiger charge is -2.71. The Morgan fingerprint density at radius 3 is 0.643 bits per heavy atom. The molecule has 1 nitrogen and oxygen atoms in total. The monoisotopic (exact) mass is 443 g/mol. The minimum Gasteiger partial charge on any atom is -0.366 e.